The second kappa shape index (κ2) is 8.94. The van der Waals surface area contributed by atoms with E-state index in [2.05, 4.69) is 5.16 Å². The van der Waals surface area contributed by atoms with Gasteiger partial charge in [0.15, 0.2) is 11.4 Å². The lowest BCUT2D eigenvalue weighted by Crippen LogP contribution is -2.45. The van der Waals surface area contributed by atoms with Gasteiger partial charge in [0, 0.05) is 30.0 Å². The summed E-state index contributed by atoms with van der Waals surface area (Å²) >= 11 is 0. The van der Waals surface area contributed by atoms with Gasteiger partial charge in [-0.1, -0.05) is 5.16 Å². The van der Waals surface area contributed by atoms with Crippen LogP contribution in [-0.2, 0) is 22.5 Å². The molecule has 0 bridgehead atoms. The SMILES string of the molecule is CCOc1cc(-c2c(F)cc(F)cc2F)c2c(-n3cc4n(c3=O)C[C@@H](NS(=O)(=O)CC)C4(F)F)noc2c1. The third kappa shape index (κ3) is 4.05. The van der Waals surface area contributed by atoms with Gasteiger partial charge in [-0.2, -0.15) is 8.78 Å². The first-order chi connectivity index (χ1) is 17.9. The van der Waals surface area contributed by atoms with Crippen molar-refractivity contribution in [2.24, 2.45) is 0 Å². The Balaban J connectivity index is 1.71. The fourth-order valence-corrected chi connectivity index (χ4v) is 5.23. The zero-order chi connectivity index (χ0) is 27.6. The minimum Gasteiger partial charge on any atom is -0.494 e. The van der Waals surface area contributed by atoms with E-state index in [9.17, 15) is 26.4 Å². The minimum absolute atomic E-state index is 0.0947. The Hall–Kier alpha value is -3.72. The van der Waals surface area contributed by atoms with Crippen LogP contribution < -0.4 is 15.1 Å². The number of hydrogen-bond acceptors (Lipinski definition) is 6. The summed E-state index contributed by atoms with van der Waals surface area (Å²) in [5.74, 6) is -8.16. The molecule has 9 nitrogen and oxygen atoms in total. The lowest BCUT2D eigenvalue weighted by Gasteiger charge is -2.19. The van der Waals surface area contributed by atoms with Crippen molar-refractivity contribution in [1.29, 1.82) is 0 Å². The summed E-state index contributed by atoms with van der Waals surface area (Å²) in [6.07, 6.45) is 0.761. The van der Waals surface area contributed by atoms with Crippen molar-refractivity contribution in [3.8, 4) is 22.7 Å². The molecule has 0 spiro atoms. The molecule has 0 saturated heterocycles. The predicted molar refractivity (Wildman–Crippen MR) is 124 cm³/mol. The Morgan fingerprint density at radius 2 is 1.84 bits per heavy atom. The summed E-state index contributed by atoms with van der Waals surface area (Å²) in [6.45, 7) is 2.43. The number of halogens is 5. The standard InChI is InChI=1S/C23H19F5N4O5S/c1-3-36-12-7-13(19-14(25)5-11(24)6-15(19)26)20-16(8-12)37-29-21(20)32-10-18-23(27,28)17(9-31(18)22(32)33)30-38(34,35)4-2/h5-8,10,17,30H,3-4,9H2,1-2H3/t17-/m1/s1. The number of nitrogens with one attached hydrogen (secondary N) is 1. The molecule has 1 N–H and O–H groups in total. The summed E-state index contributed by atoms with van der Waals surface area (Å²) in [7, 11) is -4.01. The molecule has 1 aliphatic heterocycles. The van der Waals surface area contributed by atoms with Crippen molar-refractivity contribution in [3.63, 3.8) is 0 Å². The Bertz CT molecular complexity index is 1720. The number of aromatic nitrogens is 3. The highest BCUT2D eigenvalue weighted by molar-refractivity contribution is 7.89. The number of fused-ring (bicyclic) bond motifs is 2. The average molecular weight is 558 g/mol. The third-order valence-corrected chi connectivity index (χ3v) is 7.57. The summed E-state index contributed by atoms with van der Waals surface area (Å²) in [5.41, 5.74) is -2.82. The van der Waals surface area contributed by atoms with Crippen molar-refractivity contribution >= 4 is 21.0 Å². The highest BCUT2D eigenvalue weighted by Gasteiger charge is 2.52. The number of nitrogens with zero attached hydrogens (tertiary/aromatic N) is 3. The molecule has 38 heavy (non-hydrogen) atoms. The summed E-state index contributed by atoms with van der Waals surface area (Å²) in [5, 5.41) is 3.66. The zero-order valence-corrected chi connectivity index (χ0v) is 20.6. The summed E-state index contributed by atoms with van der Waals surface area (Å²) in [4.78, 5) is 13.2. The number of imidazole rings is 1. The van der Waals surface area contributed by atoms with Crippen LogP contribution in [0.25, 0.3) is 27.9 Å². The molecular formula is C23H19F5N4O5S. The van der Waals surface area contributed by atoms with E-state index in [0.717, 1.165) is 6.20 Å². The van der Waals surface area contributed by atoms with E-state index in [-0.39, 0.29) is 34.7 Å². The summed E-state index contributed by atoms with van der Waals surface area (Å²) in [6, 6.07) is 1.58. The van der Waals surface area contributed by atoms with E-state index in [1.807, 2.05) is 4.72 Å². The Morgan fingerprint density at radius 3 is 2.45 bits per heavy atom. The topological polar surface area (TPSA) is 108 Å². The fraction of sp³-hybridized carbons (Fsp3) is 0.304. The van der Waals surface area contributed by atoms with Gasteiger partial charge in [-0.15, -0.1) is 0 Å². The smallest absolute Gasteiger partial charge is 0.334 e. The van der Waals surface area contributed by atoms with Gasteiger partial charge < -0.3 is 9.26 Å². The molecule has 0 aliphatic carbocycles. The van der Waals surface area contributed by atoms with Crippen molar-refractivity contribution < 1.29 is 39.6 Å². The van der Waals surface area contributed by atoms with Crippen LogP contribution in [0.3, 0.4) is 0 Å². The van der Waals surface area contributed by atoms with Crippen LogP contribution in [-0.4, -0.2) is 41.1 Å². The maximum atomic E-state index is 15.1. The second-order valence-corrected chi connectivity index (χ2v) is 10.5. The quantitative estimate of drug-likeness (QED) is 0.347. The van der Waals surface area contributed by atoms with Crippen LogP contribution in [0.1, 0.15) is 19.5 Å². The first-order valence-corrected chi connectivity index (χ1v) is 12.9. The van der Waals surface area contributed by atoms with Crippen LogP contribution in [0.2, 0.25) is 0 Å². The van der Waals surface area contributed by atoms with E-state index >= 15 is 8.78 Å². The molecule has 0 unspecified atom stereocenters. The average Bonchev–Trinajstić information content (AvgIpc) is 3.46. The van der Waals surface area contributed by atoms with Crippen LogP contribution >= 0.6 is 0 Å². The lowest BCUT2D eigenvalue weighted by atomic mass is 9.99. The van der Waals surface area contributed by atoms with Crippen LogP contribution in [0.5, 0.6) is 5.75 Å². The number of ether oxygens (including phenoxy) is 1. The van der Waals surface area contributed by atoms with Crippen LogP contribution in [0.15, 0.2) is 39.8 Å². The van der Waals surface area contributed by atoms with E-state index in [0.29, 0.717) is 21.3 Å². The monoisotopic (exact) mass is 558 g/mol. The van der Waals surface area contributed by atoms with Crippen LogP contribution in [0, 0.1) is 17.5 Å². The van der Waals surface area contributed by atoms with Crippen molar-refractivity contribution in [1.82, 2.24) is 19.0 Å². The predicted octanol–water partition coefficient (Wildman–Crippen LogP) is 3.68. The summed E-state index contributed by atoms with van der Waals surface area (Å²) < 4.78 is 111. The molecule has 0 fully saturated rings. The van der Waals surface area contributed by atoms with Gasteiger partial charge in [0.05, 0.1) is 29.9 Å². The second-order valence-electron chi connectivity index (χ2n) is 8.50. The molecule has 2 aromatic heterocycles. The lowest BCUT2D eigenvalue weighted by molar-refractivity contribution is -0.0248. The molecule has 15 heteroatoms. The van der Waals surface area contributed by atoms with E-state index in [4.69, 9.17) is 9.26 Å². The molecule has 1 aliphatic rings. The van der Waals surface area contributed by atoms with Gasteiger partial charge in [-0.05, 0) is 19.9 Å². The van der Waals surface area contributed by atoms with Crippen molar-refractivity contribution in [3.05, 3.63) is 64.1 Å². The van der Waals surface area contributed by atoms with Gasteiger partial charge in [-0.3, -0.25) is 4.57 Å². The maximum absolute atomic E-state index is 15.1. The molecule has 1 atom stereocenters. The fourth-order valence-electron chi connectivity index (χ4n) is 4.40. The Kier molecular flexibility index (Phi) is 6.10. The zero-order valence-electron chi connectivity index (χ0n) is 19.8. The third-order valence-electron chi connectivity index (χ3n) is 6.17. The molecule has 3 heterocycles. The largest absolute Gasteiger partial charge is 0.494 e. The Labute approximate surface area is 211 Å². The first kappa shape index (κ1) is 25.9. The Morgan fingerprint density at radius 1 is 1.16 bits per heavy atom. The van der Waals surface area contributed by atoms with Gasteiger partial charge in [0.25, 0.3) is 0 Å². The number of hydrogen-bond donors (Lipinski definition) is 1. The van der Waals surface area contributed by atoms with Gasteiger partial charge in [0.2, 0.25) is 10.0 Å². The molecular weight excluding hydrogens is 539 g/mol. The van der Waals surface area contributed by atoms with Gasteiger partial charge in [0.1, 0.15) is 34.9 Å². The minimum atomic E-state index is -4.01. The van der Waals surface area contributed by atoms with Gasteiger partial charge >= 0.3 is 11.6 Å². The van der Waals surface area contributed by atoms with Crippen LogP contribution in [0.4, 0.5) is 22.0 Å². The molecule has 4 aromatic rings. The van der Waals surface area contributed by atoms with E-state index in [1.165, 1.54) is 19.1 Å². The number of alkyl halides is 2. The highest BCUT2D eigenvalue weighted by Crippen LogP contribution is 2.41. The number of benzene rings is 2. The molecule has 0 saturated carbocycles. The molecule has 0 amide bonds. The molecule has 202 valence electrons. The molecule has 0 radical (unpaired) electrons. The van der Waals surface area contributed by atoms with Gasteiger partial charge in [-0.25, -0.2) is 35.7 Å². The number of sulfonamides is 1. The molecule has 5 rings (SSSR count). The first-order valence-electron chi connectivity index (χ1n) is 11.3. The number of rotatable bonds is 7. The maximum Gasteiger partial charge on any atom is 0.334 e. The van der Waals surface area contributed by atoms with E-state index in [1.54, 1.807) is 6.92 Å². The van der Waals surface area contributed by atoms with E-state index < -0.39 is 68.7 Å². The van der Waals surface area contributed by atoms with Crippen molar-refractivity contribution in [2.75, 3.05) is 12.4 Å². The highest BCUT2D eigenvalue weighted by atomic mass is 32.2. The normalized spacial score (nSPS) is 16.8. The van der Waals surface area contributed by atoms with Crippen molar-refractivity contribution in [2.45, 2.75) is 32.4 Å². The molecule has 2 aromatic carbocycles.